The molecule has 0 aliphatic carbocycles. The van der Waals surface area contributed by atoms with Crippen molar-refractivity contribution < 1.29 is 14.3 Å². The van der Waals surface area contributed by atoms with Crippen LogP contribution in [0.1, 0.15) is 25.0 Å². The highest BCUT2D eigenvalue weighted by Gasteiger charge is 2.48. The van der Waals surface area contributed by atoms with E-state index in [9.17, 15) is 4.79 Å². The predicted octanol–water partition coefficient (Wildman–Crippen LogP) is 3.43. The number of methoxy groups -OCH3 is 1. The molecule has 2 atom stereocenters. The third kappa shape index (κ3) is 2.16. The van der Waals surface area contributed by atoms with E-state index in [4.69, 9.17) is 9.47 Å². The van der Waals surface area contributed by atoms with Gasteiger partial charge in [0.25, 0.3) is 0 Å². The van der Waals surface area contributed by atoms with Gasteiger partial charge in [0, 0.05) is 11.0 Å². The Balaban J connectivity index is 2.38. The number of carbonyl (C=O) groups excluding carboxylic acids is 1. The summed E-state index contributed by atoms with van der Waals surface area (Å²) in [6, 6.07) is 7.55. The maximum Gasteiger partial charge on any atom is 0.334 e. The number of hydrogen-bond acceptors (Lipinski definition) is 3. The molecule has 100 valence electrons. The van der Waals surface area contributed by atoms with Gasteiger partial charge in [0.05, 0.1) is 7.11 Å². The molecule has 19 heavy (non-hydrogen) atoms. The molecule has 3 heteroatoms. The number of esters is 1. The fraction of sp³-hybridized carbons (Fsp3) is 0.312. The Bertz CT molecular complexity index is 515. The summed E-state index contributed by atoms with van der Waals surface area (Å²) in [7, 11) is 1.62. The SMILES string of the molecule is C=CC[C@@]1(C)C(=C)C(=O)O[C@H]1c1ccc(OC)cc1. The zero-order valence-corrected chi connectivity index (χ0v) is 11.3. The van der Waals surface area contributed by atoms with Gasteiger partial charge in [-0.2, -0.15) is 0 Å². The van der Waals surface area contributed by atoms with Gasteiger partial charge in [-0.05, 0) is 24.1 Å². The molecule has 0 amide bonds. The Hall–Kier alpha value is -2.03. The predicted molar refractivity (Wildman–Crippen MR) is 73.9 cm³/mol. The maximum atomic E-state index is 11.8. The number of rotatable bonds is 4. The molecule has 0 bridgehead atoms. The van der Waals surface area contributed by atoms with Crippen molar-refractivity contribution in [2.45, 2.75) is 19.4 Å². The first-order valence-electron chi connectivity index (χ1n) is 6.18. The second kappa shape index (κ2) is 4.92. The third-order valence-electron chi connectivity index (χ3n) is 3.73. The molecule has 1 aromatic carbocycles. The molecule has 3 nitrogen and oxygen atoms in total. The normalized spacial score (nSPS) is 26.1. The molecule has 0 aromatic heterocycles. The van der Waals surface area contributed by atoms with Gasteiger partial charge in [0.2, 0.25) is 0 Å². The van der Waals surface area contributed by atoms with E-state index in [0.717, 1.165) is 11.3 Å². The topological polar surface area (TPSA) is 35.5 Å². The van der Waals surface area contributed by atoms with Crippen LogP contribution in [-0.2, 0) is 9.53 Å². The molecule has 1 aliphatic rings. The average molecular weight is 258 g/mol. The fourth-order valence-electron chi connectivity index (χ4n) is 2.44. The lowest BCUT2D eigenvalue weighted by atomic mass is 9.74. The van der Waals surface area contributed by atoms with Crippen molar-refractivity contribution in [3.8, 4) is 5.75 Å². The van der Waals surface area contributed by atoms with E-state index in [-0.39, 0.29) is 12.1 Å². The summed E-state index contributed by atoms with van der Waals surface area (Å²) in [6.45, 7) is 9.61. The molecular formula is C16H18O3. The van der Waals surface area contributed by atoms with Gasteiger partial charge >= 0.3 is 5.97 Å². The Morgan fingerprint density at radius 3 is 2.58 bits per heavy atom. The van der Waals surface area contributed by atoms with Gasteiger partial charge in [-0.1, -0.05) is 31.7 Å². The van der Waals surface area contributed by atoms with Crippen LogP contribution in [-0.4, -0.2) is 13.1 Å². The number of ether oxygens (including phenoxy) is 2. The maximum absolute atomic E-state index is 11.8. The third-order valence-corrected chi connectivity index (χ3v) is 3.73. The number of hydrogen-bond donors (Lipinski definition) is 0. The van der Waals surface area contributed by atoms with Crippen LogP contribution in [0.3, 0.4) is 0 Å². The van der Waals surface area contributed by atoms with Crippen LogP contribution in [0.5, 0.6) is 5.75 Å². The molecule has 1 aliphatic heterocycles. The van der Waals surface area contributed by atoms with Crippen LogP contribution in [0.4, 0.5) is 0 Å². The highest BCUT2D eigenvalue weighted by Crippen LogP contribution is 2.51. The van der Waals surface area contributed by atoms with Gasteiger partial charge in [-0.25, -0.2) is 4.79 Å². The van der Waals surface area contributed by atoms with Crippen molar-refractivity contribution in [2.75, 3.05) is 7.11 Å². The van der Waals surface area contributed by atoms with Crippen molar-refractivity contribution in [1.82, 2.24) is 0 Å². The Morgan fingerprint density at radius 2 is 2.05 bits per heavy atom. The number of carbonyl (C=O) groups is 1. The van der Waals surface area contributed by atoms with Crippen LogP contribution in [0.2, 0.25) is 0 Å². The minimum atomic E-state index is -0.437. The second-order valence-electron chi connectivity index (χ2n) is 4.95. The quantitative estimate of drug-likeness (QED) is 0.471. The zero-order chi connectivity index (χ0) is 14.0. The van der Waals surface area contributed by atoms with Gasteiger partial charge in [0.1, 0.15) is 11.9 Å². The van der Waals surface area contributed by atoms with Gasteiger partial charge in [0.15, 0.2) is 0 Å². The largest absolute Gasteiger partial charge is 0.497 e. The smallest absolute Gasteiger partial charge is 0.334 e. The van der Waals surface area contributed by atoms with E-state index in [1.807, 2.05) is 31.2 Å². The lowest BCUT2D eigenvalue weighted by Gasteiger charge is -2.28. The average Bonchev–Trinajstić information content (AvgIpc) is 2.64. The van der Waals surface area contributed by atoms with Gasteiger partial charge in [-0.15, -0.1) is 6.58 Å². The molecule has 0 saturated carbocycles. The molecule has 1 aromatic rings. The van der Waals surface area contributed by atoms with Crippen molar-refractivity contribution in [1.29, 1.82) is 0 Å². The molecule has 1 saturated heterocycles. The Labute approximate surface area is 113 Å². The van der Waals surface area contributed by atoms with Crippen LogP contribution in [0.15, 0.2) is 49.1 Å². The van der Waals surface area contributed by atoms with Gasteiger partial charge in [-0.3, -0.25) is 0 Å². The van der Waals surface area contributed by atoms with E-state index in [2.05, 4.69) is 13.2 Å². The molecule has 0 N–H and O–H groups in total. The minimum Gasteiger partial charge on any atom is -0.497 e. The number of cyclic esters (lactones) is 1. The molecule has 0 unspecified atom stereocenters. The highest BCUT2D eigenvalue weighted by molar-refractivity contribution is 5.92. The second-order valence-corrected chi connectivity index (χ2v) is 4.95. The Kier molecular flexibility index (Phi) is 3.47. The standard InChI is InChI=1S/C16H18O3/c1-5-10-16(3)11(2)15(17)19-14(16)12-6-8-13(18-4)9-7-12/h5-9,14H,1-2,10H2,3-4H3/t14-,16-/m0/s1. The molecule has 1 fully saturated rings. The van der Waals surface area contributed by atoms with E-state index in [1.165, 1.54) is 0 Å². The summed E-state index contributed by atoms with van der Waals surface area (Å²) in [5.41, 5.74) is 1.01. The van der Waals surface area contributed by atoms with Crippen LogP contribution in [0, 0.1) is 5.41 Å². The molecule has 1 heterocycles. The summed E-state index contributed by atoms with van der Waals surface area (Å²) in [4.78, 5) is 11.8. The van der Waals surface area contributed by atoms with Crippen LogP contribution in [0.25, 0.3) is 0 Å². The minimum absolute atomic E-state index is 0.323. The number of benzene rings is 1. The fourth-order valence-corrected chi connectivity index (χ4v) is 2.44. The highest BCUT2D eigenvalue weighted by atomic mass is 16.6. The van der Waals surface area contributed by atoms with Gasteiger partial charge < -0.3 is 9.47 Å². The summed E-state index contributed by atoms with van der Waals surface area (Å²) < 4.78 is 10.6. The van der Waals surface area contributed by atoms with Crippen LogP contribution < -0.4 is 4.74 Å². The van der Waals surface area contributed by atoms with E-state index < -0.39 is 5.41 Å². The monoisotopic (exact) mass is 258 g/mol. The van der Waals surface area contributed by atoms with E-state index >= 15 is 0 Å². The molecular weight excluding hydrogens is 240 g/mol. The first-order chi connectivity index (χ1) is 9.02. The van der Waals surface area contributed by atoms with Crippen molar-refractivity contribution in [3.63, 3.8) is 0 Å². The lowest BCUT2D eigenvalue weighted by Crippen LogP contribution is -2.21. The first-order valence-corrected chi connectivity index (χ1v) is 6.18. The van der Waals surface area contributed by atoms with Crippen LogP contribution >= 0.6 is 0 Å². The first kappa shape index (κ1) is 13.4. The summed E-state index contributed by atoms with van der Waals surface area (Å²) in [5.74, 6) is 0.447. The summed E-state index contributed by atoms with van der Waals surface area (Å²) in [5, 5.41) is 0. The number of allylic oxidation sites excluding steroid dienone is 1. The molecule has 0 radical (unpaired) electrons. The van der Waals surface area contributed by atoms with Crippen molar-refractivity contribution in [2.24, 2.45) is 5.41 Å². The van der Waals surface area contributed by atoms with E-state index in [0.29, 0.717) is 12.0 Å². The lowest BCUT2D eigenvalue weighted by molar-refractivity contribution is -0.140. The Morgan fingerprint density at radius 1 is 1.42 bits per heavy atom. The van der Waals surface area contributed by atoms with E-state index in [1.54, 1.807) is 13.2 Å². The summed E-state index contributed by atoms with van der Waals surface area (Å²) in [6.07, 6.45) is 2.12. The molecule has 2 rings (SSSR count). The summed E-state index contributed by atoms with van der Waals surface area (Å²) >= 11 is 0. The van der Waals surface area contributed by atoms with Crippen molar-refractivity contribution in [3.05, 3.63) is 54.6 Å². The molecule has 0 spiro atoms. The van der Waals surface area contributed by atoms with Crippen molar-refractivity contribution >= 4 is 5.97 Å². The zero-order valence-electron chi connectivity index (χ0n) is 11.3.